The van der Waals surface area contributed by atoms with E-state index < -0.39 is 16.1 Å². The molecule has 1 aliphatic rings. The second-order valence-corrected chi connectivity index (χ2v) is 8.47. The zero-order valence-corrected chi connectivity index (χ0v) is 16.3. The maximum absolute atomic E-state index is 12.2. The Bertz CT molecular complexity index is 872. The van der Waals surface area contributed by atoms with E-state index in [1.807, 2.05) is 11.6 Å². The molecule has 2 N–H and O–H groups in total. The third-order valence-corrected chi connectivity index (χ3v) is 6.01. The Morgan fingerprint density at radius 3 is 2.26 bits per heavy atom. The normalized spacial score (nSPS) is 14.2. The molecule has 144 valence electrons. The molecule has 3 rings (SSSR count). The van der Waals surface area contributed by atoms with Crippen molar-refractivity contribution in [3.8, 4) is 0 Å². The van der Waals surface area contributed by atoms with Gasteiger partial charge in [0.15, 0.2) is 0 Å². The summed E-state index contributed by atoms with van der Waals surface area (Å²) in [5, 5.41) is 2.60. The van der Waals surface area contributed by atoms with Gasteiger partial charge in [0.25, 0.3) is 10.0 Å². The van der Waals surface area contributed by atoms with Gasteiger partial charge in [-0.1, -0.05) is 29.8 Å². The van der Waals surface area contributed by atoms with Crippen LogP contribution in [0.25, 0.3) is 0 Å². The Hall–Kier alpha value is -2.54. The summed E-state index contributed by atoms with van der Waals surface area (Å²) in [6.07, 6.45) is 3.12. The van der Waals surface area contributed by atoms with Gasteiger partial charge in [-0.2, -0.15) is 0 Å². The molecule has 0 aromatic heterocycles. The summed E-state index contributed by atoms with van der Waals surface area (Å²) in [6, 6.07) is 13.9. The van der Waals surface area contributed by atoms with Crippen molar-refractivity contribution in [1.29, 1.82) is 0 Å². The van der Waals surface area contributed by atoms with Gasteiger partial charge in [0.05, 0.1) is 4.90 Å². The number of benzene rings is 2. The van der Waals surface area contributed by atoms with E-state index in [4.69, 9.17) is 0 Å². The maximum Gasteiger partial charge on any atom is 0.328 e. The van der Waals surface area contributed by atoms with Crippen molar-refractivity contribution in [3.63, 3.8) is 0 Å². The largest absolute Gasteiger partial charge is 0.372 e. The molecule has 0 unspecified atom stereocenters. The van der Waals surface area contributed by atoms with Gasteiger partial charge in [-0.25, -0.2) is 17.9 Å². The molecule has 0 spiro atoms. The second-order valence-electron chi connectivity index (χ2n) is 6.79. The molecule has 0 aliphatic carbocycles. The van der Waals surface area contributed by atoms with Crippen LogP contribution in [0, 0.1) is 6.92 Å². The monoisotopic (exact) mass is 387 g/mol. The first-order valence-electron chi connectivity index (χ1n) is 9.15. The van der Waals surface area contributed by atoms with Crippen LogP contribution in [0.5, 0.6) is 0 Å². The third-order valence-electron chi connectivity index (χ3n) is 4.67. The van der Waals surface area contributed by atoms with Crippen LogP contribution < -0.4 is 14.9 Å². The zero-order chi connectivity index (χ0) is 19.3. The van der Waals surface area contributed by atoms with Crippen LogP contribution in [0.2, 0.25) is 0 Å². The van der Waals surface area contributed by atoms with Gasteiger partial charge in [0.1, 0.15) is 0 Å². The summed E-state index contributed by atoms with van der Waals surface area (Å²) in [7, 11) is -3.85. The lowest BCUT2D eigenvalue weighted by atomic mass is 10.1. The lowest BCUT2D eigenvalue weighted by Crippen LogP contribution is -2.40. The highest BCUT2D eigenvalue weighted by molar-refractivity contribution is 7.90. The Kier molecular flexibility index (Phi) is 6.01. The van der Waals surface area contributed by atoms with E-state index in [-0.39, 0.29) is 4.90 Å². The molecule has 2 aromatic rings. The fraction of sp³-hybridized carbons (Fsp3) is 0.350. The smallest absolute Gasteiger partial charge is 0.328 e. The van der Waals surface area contributed by atoms with Crippen molar-refractivity contribution in [2.24, 2.45) is 0 Å². The van der Waals surface area contributed by atoms with Gasteiger partial charge in [-0.3, -0.25) is 0 Å². The van der Waals surface area contributed by atoms with Gasteiger partial charge in [-0.15, -0.1) is 0 Å². The predicted molar refractivity (Wildman–Crippen MR) is 106 cm³/mol. The highest BCUT2D eigenvalue weighted by atomic mass is 32.2. The molecule has 1 aliphatic heterocycles. The van der Waals surface area contributed by atoms with Crippen LogP contribution in [-0.2, 0) is 16.4 Å². The van der Waals surface area contributed by atoms with Crippen LogP contribution >= 0.6 is 0 Å². The second kappa shape index (κ2) is 8.43. The average molecular weight is 388 g/mol. The number of amides is 2. The highest BCUT2D eigenvalue weighted by Crippen LogP contribution is 2.20. The molecular weight excluding hydrogens is 362 g/mol. The first-order chi connectivity index (χ1) is 12.9. The third kappa shape index (κ3) is 5.23. The van der Waals surface area contributed by atoms with Crippen molar-refractivity contribution in [3.05, 3.63) is 59.7 Å². The molecule has 2 aromatic carbocycles. The van der Waals surface area contributed by atoms with Gasteiger partial charge in [0.2, 0.25) is 0 Å². The van der Waals surface area contributed by atoms with Crippen molar-refractivity contribution in [1.82, 2.24) is 10.0 Å². The standard InChI is InChI=1S/C20H25N3O3S/c1-16-4-10-19(11-5-16)27(25,26)22-20(24)21-13-12-17-6-8-18(9-7-17)23-14-2-3-15-23/h4-11H,2-3,12-15H2,1H3,(H2,21,22,24). The Morgan fingerprint density at radius 1 is 1.00 bits per heavy atom. The number of nitrogens with zero attached hydrogens (tertiary/aromatic N) is 1. The topological polar surface area (TPSA) is 78.5 Å². The van der Waals surface area contributed by atoms with Crippen LogP contribution in [0.1, 0.15) is 24.0 Å². The Morgan fingerprint density at radius 2 is 1.63 bits per heavy atom. The molecular formula is C20H25N3O3S. The van der Waals surface area contributed by atoms with Crippen molar-refractivity contribution in [2.45, 2.75) is 31.1 Å². The molecule has 6 nitrogen and oxygen atoms in total. The molecule has 27 heavy (non-hydrogen) atoms. The maximum atomic E-state index is 12.2. The lowest BCUT2D eigenvalue weighted by Gasteiger charge is -2.17. The van der Waals surface area contributed by atoms with Crippen molar-refractivity contribution in [2.75, 3.05) is 24.5 Å². The number of nitrogens with one attached hydrogen (secondary N) is 2. The summed E-state index contributed by atoms with van der Waals surface area (Å²) in [5.41, 5.74) is 3.28. The van der Waals surface area contributed by atoms with E-state index in [1.54, 1.807) is 12.1 Å². The van der Waals surface area contributed by atoms with E-state index in [0.717, 1.165) is 24.2 Å². The average Bonchev–Trinajstić information content (AvgIpc) is 3.17. The Balaban J connectivity index is 1.47. The number of hydrogen-bond acceptors (Lipinski definition) is 4. The minimum Gasteiger partial charge on any atom is -0.372 e. The van der Waals surface area contributed by atoms with Crippen LogP contribution in [0.15, 0.2) is 53.4 Å². The molecule has 0 saturated carbocycles. The minimum absolute atomic E-state index is 0.0701. The molecule has 7 heteroatoms. The van der Waals surface area contributed by atoms with E-state index in [9.17, 15) is 13.2 Å². The zero-order valence-electron chi connectivity index (χ0n) is 15.4. The number of aryl methyl sites for hydroxylation is 1. The fourth-order valence-corrected chi connectivity index (χ4v) is 4.03. The van der Waals surface area contributed by atoms with Crippen LogP contribution in [-0.4, -0.2) is 34.1 Å². The predicted octanol–water partition coefficient (Wildman–Crippen LogP) is 2.83. The minimum atomic E-state index is -3.85. The SMILES string of the molecule is Cc1ccc(S(=O)(=O)NC(=O)NCCc2ccc(N3CCCC3)cc2)cc1. The summed E-state index contributed by atoms with van der Waals surface area (Å²) < 4.78 is 26.4. The van der Waals surface area contributed by atoms with Crippen LogP contribution in [0.3, 0.4) is 0 Å². The van der Waals surface area contributed by atoms with E-state index in [1.165, 1.54) is 30.7 Å². The molecule has 0 atom stereocenters. The van der Waals surface area contributed by atoms with Gasteiger partial charge >= 0.3 is 6.03 Å². The molecule has 1 fully saturated rings. The van der Waals surface area contributed by atoms with Crippen molar-refractivity contribution >= 4 is 21.7 Å². The highest BCUT2D eigenvalue weighted by Gasteiger charge is 2.17. The molecule has 0 radical (unpaired) electrons. The molecule has 1 heterocycles. The fourth-order valence-electron chi connectivity index (χ4n) is 3.10. The van der Waals surface area contributed by atoms with Gasteiger partial charge < -0.3 is 10.2 Å². The number of rotatable bonds is 6. The van der Waals surface area contributed by atoms with E-state index in [2.05, 4.69) is 34.5 Å². The van der Waals surface area contributed by atoms with Gasteiger partial charge in [0, 0.05) is 25.3 Å². The Labute approximate surface area is 160 Å². The quantitative estimate of drug-likeness (QED) is 0.799. The van der Waals surface area contributed by atoms with Crippen molar-refractivity contribution < 1.29 is 13.2 Å². The number of urea groups is 1. The summed E-state index contributed by atoms with van der Waals surface area (Å²) in [6.45, 7) is 4.44. The summed E-state index contributed by atoms with van der Waals surface area (Å²) in [5.74, 6) is 0. The van der Waals surface area contributed by atoms with E-state index in [0.29, 0.717) is 13.0 Å². The number of sulfonamides is 1. The number of carbonyl (C=O) groups excluding carboxylic acids is 1. The number of anilines is 1. The molecule has 1 saturated heterocycles. The van der Waals surface area contributed by atoms with Crippen LogP contribution in [0.4, 0.5) is 10.5 Å². The number of carbonyl (C=O) groups is 1. The lowest BCUT2D eigenvalue weighted by molar-refractivity contribution is 0.246. The summed E-state index contributed by atoms with van der Waals surface area (Å²) >= 11 is 0. The molecule has 2 amide bonds. The number of hydrogen-bond donors (Lipinski definition) is 2. The first kappa shape index (κ1) is 19.2. The molecule has 0 bridgehead atoms. The van der Waals surface area contributed by atoms with Gasteiger partial charge in [-0.05, 0) is 56.0 Å². The summed E-state index contributed by atoms with van der Waals surface area (Å²) in [4.78, 5) is 14.3. The first-order valence-corrected chi connectivity index (χ1v) is 10.6. The van der Waals surface area contributed by atoms with E-state index >= 15 is 0 Å².